The minimum absolute atomic E-state index is 0.242. The molecule has 0 aliphatic heterocycles. The second-order valence-electron chi connectivity index (χ2n) is 8.25. The molecular formula is C23H24N4O2. The van der Waals surface area contributed by atoms with Gasteiger partial charge in [-0.25, -0.2) is 14.8 Å². The zero-order valence-electron chi connectivity index (χ0n) is 17.3. The molecule has 29 heavy (non-hydrogen) atoms. The first-order valence-electron chi connectivity index (χ1n) is 9.53. The summed E-state index contributed by atoms with van der Waals surface area (Å²) in [6.07, 6.45) is 0. The molecule has 0 unspecified atom stereocenters. The lowest BCUT2D eigenvalue weighted by Crippen LogP contribution is -2.24. The Kier molecular flexibility index (Phi) is 4.30. The molecule has 2 heterocycles. The van der Waals surface area contributed by atoms with Crippen molar-refractivity contribution in [2.24, 2.45) is 0 Å². The van der Waals surface area contributed by atoms with Gasteiger partial charge in [0.2, 0.25) is 0 Å². The quantitative estimate of drug-likeness (QED) is 0.502. The van der Waals surface area contributed by atoms with Crippen LogP contribution in [-0.4, -0.2) is 26.1 Å². The highest BCUT2D eigenvalue weighted by atomic mass is 16.6. The lowest BCUT2D eigenvalue weighted by molar-refractivity contribution is 0.00728. The number of rotatable bonds is 2. The monoisotopic (exact) mass is 388 g/mol. The molecule has 0 bridgehead atoms. The summed E-state index contributed by atoms with van der Waals surface area (Å²) in [4.78, 5) is 22.5. The molecule has 148 valence electrons. The Morgan fingerprint density at radius 2 is 1.66 bits per heavy atom. The molecule has 0 saturated heterocycles. The minimum atomic E-state index is -0.650. The third kappa shape index (κ3) is 3.31. The van der Waals surface area contributed by atoms with Crippen LogP contribution in [0.25, 0.3) is 27.9 Å². The predicted molar refractivity (Wildman–Crippen MR) is 115 cm³/mol. The number of ether oxygens (including phenoxy) is 1. The Morgan fingerprint density at radius 3 is 2.28 bits per heavy atom. The second-order valence-corrected chi connectivity index (χ2v) is 8.25. The van der Waals surface area contributed by atoms with Crippen LogP contribution in [0.3, 0.4) is 0 Å². The second kappa shape index (κ2) is 6.58. The highest BCUT2D eigenvalue weighted by molar-refractivity contribution is 6.09. The van der Waals surface area contributed by atoms with Crippen molar-refractivity contribution in [2.75, 3.05) is 5.73 Å². The summed E-state index contributed by atoms with van der Waals surface area (Å²) < 4.78 is 7.40. The molecule has 0 spiro atoms. The van der Waals surface area contributed by atoms with E-state index in [1.54, 1.807) is 4.57 Å². The summed E-state index contributed by atoms with van der Waals surface area (Å²) in [6.45, 7) is 9.56. The van der Waals surface area contributed by atoms with Crippen molar-refractivity contribution in [3.8, 4) is 5.69 Å². The predicted octanol–water partition coefficient (Wildman–Crippen LogP) is 4.73. The number of carbonyl (C=O) groups excluding carboxylic acids is 1. The van der Waals surface area contributed by atoms with Gasteiger partial charge in [0, 0.05) is 5.69 Å². The Bertz CT molecular complexity index is 1270. The number of nitrogen functional groups attached to an aromatic ring is 1. The van der Waals surface area contributed by atoms with E-state index in [1.165, 1.54) is 5.56 Å². The molecule has 0 radical (unpaired) electrons. The molecule has 4 rings (SSSR count). The van der Waals surface area contributed by atoms with Crippen molar-refractivity contribution in [1.29, 1.82) is 0 Å². The molecule has 2 aromatic carbocycles. The molecule has 6 nitrogen and oxygen atoms in total. The number of esters is 1. The van der Waals surface area contributed by atoms with E-state index in [9.17, 15) is 4.79 Å². The summed E-state index contributed by atoms with van der Waals surface area (Å²) in [5.41, 5.74) is 11.6. The summed E-state index contributed by atoms with van der Waals surface area (Å²) in [7, 11) is 0. The smallest absolute Gasteiger partial charge is 0.344 e. The van der Waals surface area contributed by atoms with Crippen LogP contribution < -0.4 is 5.73 Å². The van der Waals surface area contributed by atoms with E-state index in [-0.39, 0.29) is 11.4 Å². The number of hydrogen-bond donors (Lipinski definition) is 1. The van der Waals surface area contributed by atoms with Gasteiger partial charge >= 0.3 is 5.97 Å². The third-order valence-electron chi connectivity index (χ3n) is 4.85. The molecule has 4 aromatic rings. The Hall–Kier alpha value is -3.41. The number of aromatic nitrogens is 3. The number of para-hydroxylation sites is 2. The molecular weight excluding hydrogens is 364 g/mol. The lowest BCUT2D eigenvalue weighted by Gasteiger charge is -2.19. The molecule has 2 aromatic heterocycles. The molecule has 0 amide bonds. The van der Waals surface area contributed by atoms with E-state index >= 15 is 0 Å². The first-order chi connectivity index (χ1) is 13.7. The van der Waals surface area contributed by atoms with Crippen molar-refractivity contribution in [3.05, 3.63) is 59.2 Å². The molecule has 0 atom stereocenters. The summed E-state index contributed by atoms with van der Waals surface area (Å²) in [5, 5.41) is 0. The summed E-state index contributed by atoms with van der Waals surface area (Å²) in [6, 6.07) is 13.6. The van der Waals surface area contributed by atoms with Gasteiger partial charge in [-0.3, -0.25) is 4.57 Å². The molecule has 6 heteroatoms. The third-order valence-corrected chi connectivity index (χ3v) is 4.85. The van der Waals surface area contributed by atoms with Gasteiger partial charge in [0.25, 0.3) is 0 Å². The van der Waals surface area contributed by atoms with Crippen LogP contribution in [0, 0.1) is 13.8 Å². The number of carbonyl (C=O) groups is 1. The van der Waals surface area contributed by atoms with Crippen molar-refractivity contribution in [2.45, 2.75) is 40.2 Å². The summed E-state index contributed by atoms with van der Waals surface area (Å²) in [5.74, 6) is -0.236. The van der Waals surface area contributed by atoms with Gasteiger partial charge in [0.1, 0.15) is 22.5 Å². The van der Waals surface area contributed by atoms with Gasteiger partial charge < -0.3 is 10.5 Å². The number of anilines is 1. The molecule has 0 fully saturated rings. The van der Waals surface area contributed by atoms with E-state index in [0.717, 1.165) is 16.8 Å². The maximum Gasteiger partial charge on any atom is 0.344 e. The largest absolute Gasteiger partial charge is 0.456 e. The number of nitrogens with zero attached hydrogens (tertiary/aromatic N) is 3. The number of hydrogen-bond acceptors (Lipinski definition) is 5. The van der Waals surface area contributed by atoms with Gasteiger partial charge in [0.05, 0.1) is 11.0 Å². The van der Waals surface area contributed by atoms with E-state index in [4.69, 9.17) is 20.4 Å². The maximum absolute atomic E-state index is 13.0. The maximum atomic E-state index is 13.0. The fourth-order valence-electron chi connectivity index (χ4n) is 3.32. The van der Waals surface area contributed by atoms with Crippen LogP contribution in [0.4, 0.5) is 5.82 Å². The minimum Gasteiger partial charge on any atom is -0.456 e. The van der Waals surface area contributed by atoms with Crippen LogP contribution in [0.5, 0.6) is 0 Å². The summed E-state index contributed by atoms with van der Waals surface area (Å²) >= 11 is 0. The Labute approximate surface area is 169 Å². The topological polar surface area (TPSA) is 83.0 Å². The normalized spacial score (nSPS) is 11.9. The Balaban J connectivity index is 2.06. The number of benzene rings is 2. The molecule has 0 saturated carbocycles. The number of fused-ring (bicyclic) bond motifs is 2. The lowest BCUT2D eigenvalue weighted by atomic mass is 10.1. The SMILES string of the molecule is Cc1ccc(-n2c(N)c(C(=O)OC(C)(C)C)c3nc4ccccc4nc32)cc1C. The first-order valence-corrected chi connectivity index (χ1v) is 9.53. The molecule has 0 aliphatic carbocycles. The standard InChI is InChI=1S/C23H24N4O2/c1-13-10-11-15(12-14(13)2)27-20(24)18(22(28)29-23(3,4)5)19-21(27)26-17-9-7-6-8-16(17)25-19/h6-12H,24H2,1-5H3. The van der Waals surface area contributed by atoms with E-state index < -0.39 is 11.6 Å². The first kappa shape index (κ1) is 18.9. The van der Waals surface area contributed by atoms with Crippen molar-refractivity contribution in [3.63, 3.8) is 0 Å². The van der Waals surface area contributed by atoms with Crippen LogP contribution in [0.2, 0.25) is 0 Å². The van der Waals surface area contributed by atoms with Crippen molar-refractivity contribution in [1.82, 2.24) is 14.5 Å². The zero-order chi connectivity index (χ0) is 20.9. The van der Waals surface area contributed by atoms with E-state index in [0.29, 0.717) is 16.7 Å². The van der Waals surface area contributed by atoms with Gasteiger partial charge in [-0.05, 0) is 70.0 Å². The highest BCUT2D eigenvalue weighted by Crippen LogP contribution is 2.32. The van der Waals surface area contributed by atoms with Crippen molar-refractivity contribution < 1.29 is 9.53 Å². The number of aryl methyl sites for hydroxylation is 2. The average molecular weight is 388 g/mol. The van der Waals surface area contributed by atoms with Gasteiger partial charge in [-0.1, -0.05) is 18.2 Å². The molecule has 2 N–H and O–H groups in total. The highest BCUT2D eigenvalue weighted by Gasteiger charge is 2.28. The van der Waals surface area contributed by atoms with Crippen LogP contribution >= 0.6 is 0 Å². The zero-order valence-corrected chi connectivity index (χ0v) is 17.3. The van der Waals surface area contributed by atoms with Gasteiger partial charge in [-0.15, -0.1) is 0 Å². The van der Waals surface area contributed by atoms with Crippen LogP contribution in [0.1, 0.15) is 42.3 Å². The molecule has 0 aliphatic rings. The Morgan fingerprint density at radius 1 is 1.00 bits per heavy atom. The fraction of sp³-hybridized carbons (Fsp3) is 0.261. The van der Waals surface area contributed by atoms with Crippen LogP contribution in [-0.2, 0) is 4.74 Å². The fourth-order valence-corrected chi connectivity index (χ4v) is 3.32. The average Bonchev–Trinajstić information content (AvgIpc) is 2.91. The van der Waals surface area contributed by atoms with Gasteiger partial charge in [-0.2, -0.15) is 0 Å². The van der Waals surface area contributed by atoms with E-state index in [1.807, 2.05) is 70.2 Å². The van der Waals surface area contributed by atoms with Crippen molar-refractivity contribution >= 4 is 34.0 Å². The van der Waals surface area contributed by atoms with Crippen LogP contribution in [0.15, 0.2) is 42.5 Å². The van der Waals surface area contributed by atoms with E-state index in [2.05, 4.69) is 6.92 Å². The van der Waals surface area contributed by atoms with Gasteiger partial charge in [0.15, 0.2) is 5.65 Å². The number of nitrogens with two attached hydrogens (primary N) is 1.